The molecule has 0 spiro atoms. The van der Waals surface area contributed by atoms with E-state index in [1.54, 1.807) is 30.6 Å². The smallest absolute Gasteiger partial charge is 0.247 e. The van der Waals surface area contributed by atoms with Crippen LogP contribution < -0.4 is 9.75 Å². The van der Waals surface area contributed by atoms with E-state index >= 15 is 0 Å². The number of hydrogen-bond donors (Lipinski definition) is 0. The molecule has 5 rings (SSSR count). The van der Waals surface area contributed by atoms with Crippen molar-refractivity contribution in [2.24, 2.45) is 4.99 Å². The van der Waals surface area contributed by atoms with Crippen molar-refractivity contribution < 1.29 is 13.9 Å². The van der Waals surface area contributed by atoms with Gasteiger partial charge in [-0.3, -0.25) is 14.8 Å². The molecule has 1 aromatic heterocycles. The minimum absolute atomic E-state index is 0.0479. The third kappa shape index (κ3) is 4.19. The standard InChI is InChI=1S/C26H26FN5O2/c1-18-16-30(17-29-18)23-10-5-19(15-24(23)34-2)14-20-4-3-13-31-26(20)28-12-11-25(33)32(31)22-8-6-21(27)7-9-22/h5-10,14-17H,3-4,11-13H2,1-2H3/b20-14+. The lowest BCUT2D eigenvalue weighted by molar-refractivity contribution is -0.120. The van der Waals surface area contributed by atoms with Crippen LogP contribution >= 0.6 is 0 Å². The van der Waals surface area contributed by atoms with Gasteiger partial charge >= 0.3 is 0 Å². The first-order chi connectivity index (χ1) is 16.5. The van der Waals surface area contributed by atoms with Gasteiger partial charge in [-0.15, -0.1) is 0 Å². The Labute approximate surface area is 197 Å². The fraction of sp³-hybridized carbons (Fsp3) is 0.269. The molecule has 2 aromatic carbocycles. The average molecular weight is 460 g/mol. The number of carbonyl (C=O) groups is 1. The van der Waals surface area contributed by atoms with Crippen LogP contribution in [-0.4, -0.2) is 46.5 Å². The molecule has 0 N–H and O–H groups in total. The summed E-state index contributed by atoms with van der Waals surface area (Å²) >= 11 is 0. The van der Waals surface area contributed by atoms with Crippen LogP contribution in [0, 0.1) is 12.7 Å². The molecular weight excluding hydrogens is 433 g/mol. The van der Waals surface area contributed by atoms with Crippen molar-refractivity contribution in [1.29, 1.82) is 0 Å². The topological polar surface area (TPSA) is 63.0 Å². The van der Waals surface area contributed by atoms with E-state index in [1.165, 1.54) is 12.1 Å². The number of amides is 1. The number of rotatable bonds is 4. The van der Waals surface area contributed by atoms with Crippen LogP contribution in [0.1, 0.15) is 30.5 Å². The van der Waals surface area contributed by atoms with Crippen LogP contribution in [-0.2, 0) is 4.79 Å². The second-order valence-electron chi connectivity index (χ2n) is 8.39. The van der Waals surface area contributed by atoms with Gasteiger partial charge in [0.1, 0.15) is 17.4 Å². The minimum atomic E-state index is -0.331. The van der Waals surface area contributed by atoms with Gasteiger partial charge in [-0.2, -0.15) is 0 Å². The van der Waals surface area contributed by atoms with E-state index in [0.717, 1.165) is 46.9 Å². The third-order valence-electron chi connectivity index (χ3n) is 6.02. The number of hydrogen-bond acceptors (Lipinski definition) is 5. The lowest BCUT2D eigenvalue weighted by atomic mass is 10.0. The van der Waals surface area contributed by atoms with Crippen LogP contribution in [0.3, 0.4) is 0 Å². The lowest BCUT2D eigenvalue weighted by Crippen LogP contribution is -2.51. The SMILES string of the molecule is COc1cc(/C=C2\CCCN3C2=NCCC(=O)N3c2ccc(F)cc2)ccc1-n1cnc(C)c1. The van der Waals surface area contributed by atoms with Crippen LogP contribution in [0.15, 0.2) is 65.6 Å². The van der Waals surface area contributed by atoms with Gasteiger partial charge in [0.05, 0.1) is 37.1 Å². The summed E-state index contributed by atoms with van der Waals surface area (Å²) in [6.07, 6.45) is 7.86. The fourth-order valence-corrected chi connectivity index (χ4v) is 4.43. The molecule has 34 heavy (non-hydrogen) atoms. The summed E-state index contributed by atoms with van der Waals surface area (Å²) in [6, 6.07) is 12.1. The number of ether oxygens (including phenoxy) is 1. The fourth-order valence-electron chi connectivity index (χ4n) is 4.43. The Morgan fingerprint density at radius 3 is 2.68 bits per heavy atom. The Hall–Kier alpha value is -3.94. The highest BCUT2D eigenvalue weighted by molar-refractivity contribution is 6.08. The number of methoxy groups -OCH3 is 1. The number of piperidine rings is 1. The molecule has 0 aliphatic carbocycles. The molecule has 3 aromatic rings. The van der Waals surface area contributed by atoms with E-state index in [1.807, 2.05) is 40.9 Å². The maximum atomic E-state index is 13.5. The molecule has 0 unspecified atom stereocenters. The van der Waals surface area contributed by atoms with Gasteiger partial charge in [-0.25, -0.2) is 14.4 Å². The Morgan fingerprint density at radius 2 is 1.94 bits per heavy atom. The molecule has 1 amide bonds. The maximum Gasteiger partial charge on any atom is 0.247 e. The van der Waals surface area contributed by atoms with E-state index in [4.69, 9.17) is 9.73 Å². The van der Waals surface area contributed by atoms with E-state index in [0.29, 0.717) is 25.2 Å². The summed E-state index contributed by atoms with van der Waals surface area (Å²) in [5, 5.41) is 3.57. The molecule has 8 heteroatoms. The summed E-state index contributed by atoms with van der Waals surface area (Å²) in [5.41, 5.74) is 4.53. The third-order valence-corrected chi connectivity index (χ3v) is 6.02. The summed E-state index contributed by atoms with van der Waals surface area (Å²) < 4.78 is 21.1. The van der Waals surface area contributed by atoms with Crippen molar-refractivity contribution in [1.82, 2.24) is 14.6 Å². The molecule has 0 saturated carbocycles. The Morgan fingerprint density at radius 1 is 1.12 bits per heavy atom. The molecule has 174 valence electrons. The molecule has 1 fully saturated rings. The Bertz CT molecular complexity index is 1280. The highest BCUT2D eigenvalue weighted by Gasteiger charge is 2.32. The molecule has 2 aliphatic rings. The monoisotopic (exact) mass is 459 g/mol. The first-order valence-electron chi connectivity index (χ1n) is 11.3. The minimum Gasteiger partial charge on any atom is -0.495 e. The second kappa shape index (κ2) is 9.13. The van der Waals surface area contributed by atoms with Crippen molar-refractivity contribution in [2.45, 2.75) is 26.2 Å². The van der Waals surface area contributed by atoms with Crippen molar-refractivity contribution in [3.05, 3.63) is 77.6 Å². The Balaban J connectivity index is 1.49. The quantitative estimate of drug-likeness (QED) is 0.574. The van der Waals surface area contributed by atoms with E-state index in [9.17, 15) is 9.18 Å². The number of imidazole rings is 1. The van der Waals surface area contributed by atoms with Crippen LogP contribution in [0.5, 0.6) is 5.75 Å². The van der Waals surface area contributed by atoms with Gasteiger partial charge in [0.25, 0.3) is 0 Å². The summed E-state index contributed by atoms with van der Waals surface area (Å²) in [7, 11) is 1.66. The molecule has 0 atom stereocenters. The zero-order valence-electron chi connectivity index (χ0n) is 19.2. The van der Waals surface area contributed by atoms with Crippen molar-refractivity contribution >= 4 is 23.5 Å². The molecule has 0 radical (unpaired) electrons. The maximum absolute atomic E-state index is 13.5. The van der Waals surface area contributed by atoms with Crippen LogP contribution in [0.4, 0.5) is 10.1 Å². The summed E-state index contributed by atoms with van der Waals surface area (Å²) in [5.74, 6) is 1.15. The highest BCUT2D eigenvalue weighted by Crippen LogP contribution is 2.31. The first kappa shape index (κ1) is 21.9. The molecule has 3 heterocycles. The molecular formula is C26H26FN5O2. The predicted octanol–water partition coefficient (Wildman–Crippen LogP) is 4.56. The molecule has 7 nitrogen and oxygen atoms in total. The first-order valence-corrected chi connectivity index (χ1v) is 11.3. The number of amidine groups is 1. The van der Waals surface area contributed by atoms with Crippen molar-refractivity contribution in [3.8, 4) is 11.4 Å². The number of nitrogens with zero attached hydrogens (tertiary/aromatic N) is 5. The second-order valence-corrected chi connectivity index (χ2v) is 8.39. The number of fused-ring (bicyclic) bond motifs is 1. The number of hydrazine groups is 1. The number of carbonyl (C=O) groups excluding carboxylic acids is 1. The van der Waals surface area contributed by atoms with E-state index in [-0.39, 0.29) is 11.7 Å². The summed E-state index contributed by atoms with van der Waals surface area (Å²) in [4.78, 5) is 22.0. The zero-order valence-corrected chi connectivity index (χ0v) is 19.2. The molecule has 1 saturated heterocycles. The van der Waals surface area contributed by atoms with Gasteiger partial charge < -0.3 is 9.30 Å². The van der Waals surface area contributed by atoms with Gasteiger partial charge in [-0.05, 0) is 73.4 Å². The van der Waals surface area contributed by atoms with Gasteiger partial charge in [0.2, 0.25) is 5.91 Å². The van der Waals surface area contributed by atoms with Crippen LogP contribution in [0.25, 0.3) is 11.8 Å². The number of anilines is 1. The molecule has 0 bridgehead atoms. The largest absolute Gasteiger partial charge is 0.495 e. The summed E-state index contributed by atoms with van der Waals surface area (Å²) in [6.45, 7) is 3.04. The van der Waals surface area contributed by atoms with Gasteiger partial charge in [0, 0.05) is 19.2 Å². The average Bonchev–Trinajstić information content (AvgIpc) is 3.19. The van der Waals surface area contributed by atoms with Crippen molar-refractivity contribution in [2.75, 3.05) is 25.2 Å². The zero-order chi connectivity index (χ0) is 23.7. The molecule has 2 aliphatic heterocycles. The highest BCUT2D eigenvalue weighted by atomic mass is 19.1. The van der Waals surface area contributed by atoms with Crippen LogP contribution in [0.2, 0.25) is 0 Å². The van der Waals surface area contributed by atoms with E-state index in [2.05, 4.69) is 11.1 Å². The van der Waals surface area contributed by atoms with Gasteiger partial charge in [-0.1, -0.05) is 6.07 Å². The van der Waals surface area contributed by atoms with Gasteiger partial charge in [0.15, 0.2) is 0 Å². The van der Waals surface area contributed by atoms with E-state index < -0.39 is 0 Å². The predicted molar refractivity (Wildman–Crippen MR) is 130 cm³/mol. The van der Waals surface area contributed by atoms with Crippen molar-refractivity contribution in [3.63, 3.8) is 0 Å². The number of aromatic nitrogens is 2. The normalized spacial score (nSPS) is 17.4. The Kier molecular flexibility index (Phi) is 5.88. The number of aryl methyl sites for hydroxylation is 1. The number of benzene rings is 2. The number of halogens is 1. The number of aliphatic imine (C=N–C) groups is 1. The lowest BCUT2D eigenvalue weighted by Gasteiger charge is -2.39.